The van der Waals surface area contributed by atoms with Crippen LogP contribution in [0.4, 0.5) is 5.69 Å². The van der Waals surface area contributed by atoms with E-state index in [0.717, 1.165) is 18.4 Å². The first kappa shape index (κ1) is 15.2. The fourth-order valence-corrected chi connectivity index (χ4v) is 2.64. The number of rotatable bonds is 4. The molecule has 1 amide bonds. The first-order valence-corrected chi connectivity index (χ1v) is 7.29. The van der Waals surface area contributed by atoms with Crippen molar-refractivity contribution < 1.29 is 9.72 Å². The van der Waals surface area contributed by atoms with Crippen LogP contribution >= 0.6 is 0 Å². The minimum Gasteiger partial charge on any atom is -0.350 e. The van der Waals surface area contributed by atoms with Crippen LogP contribution in [0.1, 0.15) is 38.2 Å². The molecular weight excluding hydrogens is 268 g/mol. The first-order chi connectivity index (χ1) is 10.1. The monoisotopic (exact) mass is 288 g/mol. The SMILES string of the molecule is CC1CCCCC1NC(=O)/C=C/c1ccc([N+](=O)[O-])cc1. The van der Waals surface area contributed by atoms with Gasteiger partial charge in [-0.25, -0.2) is 0 Å². The Morgan fingerprint density at radius 1 is 1.29 bits per heavy atom. The summed E-state index contributed by atoms with van der Waals surface area (Å²) >= 11 is 0. The highest BCUT2D eigenvalue weighted by Gasteiger charge is 2.21. The molecule has 1 saturated carbocycles. The van der Waals surface area contributed by atoms with Gasteiger partial charge in [0, 0.05) is 24.3 Å². The number of carbonyl (C=O) groups is 1. The third-order valence-corrected chi connectivity index (χ3v) is 3.97. The van der Waals surface area contributed by atoms with Crippen LogP contribution < -0.4 is 5.32 Å². The van der Waals surface area contributed by atoms with Crippen LogP contribution in [0.25, 0.3) is 6.08 Å². The number of hydrogen-bond donors (Lipinski definition) is 1. The molecule has 5 nitrogen and oxygen atoms in total. The zero-order chi connectivity index (χ0) is 15.2. The van der Waals surface area contributed by atoms with Crippen LogP contribution in [-0.2, 0) is 4.79 Å². The predicted molar refractivity (Wildman–Crippen MR) is 81.7 cm³/mol. The van der Waals surface area contributed by atoms with Crippen molar-refractivity contribution in [1.29, 1.82) is 0 Å². The van der Waals surface area contributed by atoms with Crippen LogP contribution in [0.2, 0.25) is 0 Å². The summed E-state index contributed by atoms with van der Waals surface area (Å²) in [6.07, 6.45) is 7.78. The Bertz CT molecular complexity index is 537. The lowest BCUT2D eigenvalue weighted by Gasteiger charge is -2.29. The van der Waals surface area contributed by atoms with Crippen molar-refractivity contribution in [2.24, 2.45) is 5.92 Å². The number of nitro groups is 1. The van der Waals surface area contributed by atoms with Crippen molar-refractivity contribution in [3.63, 3.8) is 0 Å². The minimum atomic E-state index is -0.440. The second-order valence-electron chi connectivity index (χ2n) is 5.56. The number of nitro benzene ring substituents is 1. The highest BCUT2D eigenvalue weighted by Crippen LogP contribution is 2.23. The highest BCUT2D eigenvalue weighted by atomic mass is 16.6. The van der Waals surface area contributed by atoms with E-state index in [1.165, 1.54) is 31.1 Å². The summed E-state index contributed by atoms with van der Waals surface area (Å²) < 4.78 is 0. The summed E-state index contributed by atoms with van der Waals surface area (Å²) in [6.45, 7) is 2.17. The van der Waals surface area contributed by atoms with Gasteiger partial charge in [-0.15, -0.1) is 0 Å². The number of benzene rings is 1. The highest BCUT2D eigenvalue weighted by molar-refractivity contribution is 5.91. The van der Waals surface area contributed by atoms with E-state index in [9.17, 15) is 14.9 Å². The molecule has 0 aromatic heterocycles. The summed E-state index contributed by atoms with van der Waals surface area (Å²) in [7, 11) is 0. The summed E-state index contributed by atoms with van der Waals surface area (Å²) in [6, 6.07) is 6.38. The van der Waals surface area contributed by atoms with E-state index >= 15 is 0 Å². The molecule has 0 heterocycles. The van der Waals surface area contributed by atoms with Gasteiger partial charge in [0.15, 0.2) is 0 Å². The number of nitrogens with one attached hydrogen (secondary N) is 1. The van der Waals surface area contributed by atoms with Crippen molar-refractivity contribution in [3.8, 4) is 0 Å². The zero-order valence-corrected chi connectivity index (χ0v) is 12.1. The Morgan fingerprint density at radius 2 is 1.95 bits per heavy atom. The molecule has 0 radical (unpaired) electrons. The Kier molecular flexibility index (Phi) is 5.09. The van der Waals surface area contributed by atoms with Crippen molar-refractivity contribution in [1.82, 2.24) is 5.32 Å². The van der Waals surface area contributed by atoms with E-state index in [4.69, 9.17) is 0 Å². The van der Waals surface area contributed by atoms with Crippen molar-refractivity contribution in [2.75, 3.05) is 0 Å². The normalized spacial score (nSPS) is 22.1. The maximum atomic E-state index is 11.9. The van der Waals surface area contributed by atoms with Crippen LogP contribution in [0.3, 0.4) is 0 Å². The number of non-ortho nitro benzene ring substituents is 1. The Hall–Kier alpha value is -2.17. The fourth-order valence-electron chi connectivity index (χ4n) is 2.64. The van der Waals surface area contributed by atoms with Crippen molar-refractivity contribution in [3.05, 3.63) is 46.0 Å². The lowest BCUT2D eigenvalue weighted by molar-refractivity contribution is -0.384. The average molecular weight is 288 g/mol. The Balaban J connectivity index is 1.90. The summed E-state index contributed by atoms with van der Waals surface area (Å²) in [5, 5.41) is 13.6. The Labute approximate surface area is 124 Å². The molecule has 1 aromatic rings. The van der Waals surface area contributed by atoms with E-state index in [1.807, 2.05) is 0 Å². The van der Waals surface area contributed by atoms with Crippen LogP contribution in [0.5, 0.6) is 0 Å². The number of hydrogen-bond acceptors (Lipinski definition) is 3. The molecule has 21 heavy (non-hydrogen) atoms. The summed E-state index contributed by atoms with van der Waals surface area (Å²) in [5.74, 6) is 0.419. The van der Waals surface area contributed by atoms with Gasteiger partial charge in [0.1, 0.15) is 0 Å². The predicted octanol–water partition coefficient (Wildman–Crippen LogP) is 3.30. The molecule has 1 aromatic carbocycles. The molecule has 2 unspecified atom stereocenters. The van der Waals surface area contributed by atoms with Crippen molar-refractivity contribution in [2.45, 2.75) is 38.6 Å². The van der Waals surface area contributed by atoms with Gasteiger partial charge < -0.3 is 5.32 Å². The quantitative estimate of drug-likeness (QED) is 0.525. The van der Waals surface area contributed by atoms with Gasteiger partial charge in [0.2, 0.25) is 5.91 Å². The van der Waals surface area contributed by atoms with Gasteiger partial charge in [-0.05, 0) is 42.5 Å². The lowest BCUT2D eigenvalue weighted by Crippen LogP contribution is -2.40. The average Bonchev–Trinajstić information content (AvgIpc) is 2.48. The maximum absolute atomic E-state index is 11.9. The fraction of sp³-hybridized carbons (Fsp3) is 0.438. The van der Waals surface area contributed by atoms with Gasteiger partial charge in [0.05, 0.1) is 4.92 Å². The molecular formula is C16H20N2O3. The maximum Gasteiger partial charge on any atom is 0.269 e. The molecule has 1 aliphatic rings. The molecule has 5 heteroatoms. The molecule has 0 spiro atoms. The van der Waals surface area contributed by atoms with E-state index in [2.05, 4.69) is 12.2 Å². The van der Waals surface area contributed by atoms with E-state index < -0.39 is 4.92 Å². The molecule has 1 aliphatic carbocycles. The van der Waals surface area contributed by atoms with Gasteiger partial charge >= 0.3 is 0 Å². The third-order valence-electron chi connectivity index (χ3n) is 3.97. The number of amides is 1. The topological polar surface area (TPSA) is 72.2 Å². The molecule has 1 N–H and O–H groups in total. The van der Waals surface area contributed by atoms with Crippen LogP contribution in [0, 0.1) is 16.0 Å². The molecule has 0 bridgehead atoms. The van der Waals surface area contributed by atoms with Crippen molar-refractivity contribution >= 4 is 17.7 Å². The van der Waals surface area contributed by atoms with E-state index in [1.54, 1.807) is 18.2 Å². The molecule has 2 rings (SSSR count). The van der Waals surface area contributed by atoms with Crippen LogP contribution in [-0.4, -0.2) is 16.9 Å². The van der Waals surface area contributed by atoms with Gasteiger partial charge in [-0.3, -0.25) is 14.9 Å². The number of nitrogens with zero attached hydrogens (tertiary/aromatic N) is 1. The molecule has 2 atom stereocenters. The van der Waals surface area contributed by atoms with E-state index in [-0.39, 0.29) is 17.6 Å². The second kappa shape index (κ2) is 7.02. The molecule has 112 valence electrons. The minimum absolute atomic E-state index is 0.0487. The number of carbonyl (C=O) groups excluding carboxylic acids is 1. The third kappa shape index (κ3) is 4.41. The lowest BCUT2D eigenvalue weighted by atomic mass is 9.86. The van der Waals surface area contributed by atoms with Gasteiger partial charge in [-0.2, -0.15) is 0 Å². The Morgan fingerprint density at radius 3 is 2.57 bits per heavy atom. The van der Waals surface area contributed by atoms with E-state index in [0.29, 0.717) is 5.92 Å². The smallest absolute Gasteiger partial charge is 0.269 e. The van der Waals surface area contributed by atoms with Gasteiger partial charge in [-0.1, -0.05) is 19.8 Å². The zero-order valence-electron chi connectivity index (χ0n) is 12.1. The summed E-state index contributed by atoms with van der Waals surface area (Å²) in [4.78, 5) is 22.0. The summed E-state index contributed by atoms with van der Waals surface area (Å²) in [5.41, 5.74) is 0.820. The molecule has 0 aliphatic heterocycles. The van der Waals surface area contributed by atoms with Crippen LogP contribution in [0.15, 0.2) is 30.3 Å². The molecule has 1 fully saturated rings. The molecule has 0 saturated heterocycles. The second-order valence-corrected chi connectivity index (χ2v) is 5.56. The van der Waals surface area contributed by atoms with Gasteiger partial charge in [0.25, 0.3) is 5.69 Å². The first-order valence-electron chi connectivity index (χ1n) is 7.29. The standard InChI is InChI=1S/C16H20N2O3/c1-12-4-2-3-5-15(12)17-16(19)11-8-13-6-9-14(10-7-13)18(20)21/h6-12,15H,2-5H2,1H3,(H,17,19)/b11-8+. The largest absolute Gasteiger partial charge is 0.350 e.